The largest absolute Gasteiger partial charge is 0.503 e. The first-order valence-electron chi connectivity index (χ1n) is 9.11. The van der Waals surface area contributed by atoms with Gasteiger partial charge in [0.2, 0.25) is 5.43 Å². The Morgan fingerprint density at radius 2 is 2.00 bits per heavy atom. The molecule has 1 fully saturated rings. The number of hydrogen-bond acceptors (Lipinski definition) is 5. The number of carboxylic acid groups (broad SMARTS) is 1. The van der Waals surface area contributed by atoms with Crippen molar-refractivity contribution < 1.29 is 15.0 Å². The highest BCUT2D eigenvalue weighted by Crippen LogP contribution is 2.42. The molecule has 0 saturated heterocycles. The first kappa shape index (κ1) is 18.0. The van der Waals surface area contributed by atoms with Gasteiger partial charge < -0.3 is 14.8 Å². The van der Waals surface area contributed by atoms with Gasteiger partial charge in [-0.3, -0.25) is 4.79 Å². The molecule has 0 spiro atoms. The lowest BCUT2D eigenvalue weighted by Gasteiger charge is -2.31. The molecule has 2 N–H and O–H groups in total. The lowest BCUT2D eigenvalue weighted by Crippen LogP contribution is -2.30. The molecule has 28 heavy (non-hydrogen) atoms. The minimum atomic E-state index is -1.35. The van der Waals surface area contributed by atoms with Crippen LogP contribution in [0.15, 0.2) is 54.0 Å². The van der Waals surface area contributed by atoms with Gasteiger partial charge in [-0.05, 0) is 36.6 Å². The molecule has 0 atom stereocenters. The molecule has 3 aromatic rings. The maximum absolute atomic E-state index is 11.9. The molecular weight excluding hydrogens is 360 g/mol. The van der Waals surface area contributed by atoms with Crippen molar-refractivity contribution in [3.63, 3.8) is 0 Å². The third-order valence-electron chi connectivity index (χ3n) is 5.43. The van der Waals surface area contributed by atoms with E-state index in [0.717, 1.165) is 31.2 Å². The van der Waals surface area contributed by atoms with Crippen molar-refractivity contribution >= 4 is 5.97 Å². The maximum atomic E-state index is 11.9. The molecule has 1 aliphatic carbocycles. The number of rotatable bonds is 5. The average Bonchev–Trinajstić information content (AvgIpc) is 3.37. The van der Waals surface area contributed by atoms with E-state index in [9.17, 15) is 19.8 Å². The van der Waals surface area contributed by atoms with Crippen LogP contribution in [0.4, 0.5) is 0 Å². The second-order valence-corrected chi connectivity index (χ2v) is 7.20. The molecular formula is C20H20N4O4. The smallest absolute Gasteiger partial charge is 0.341 e. The molecule has 0 unspecified atom stereocenters. The molecule has 144 valence electrons. The van der Waals surface area contributed by atoms with Crippen molar-refractivity contribution in [3.8, 4) is 11.6 Å². The van der Waals surface area contributed by atoms with Crippen LogP contribution in [0.3, 0.4) is 0 Å². The van der Waals surface area contributed by atoms with Crippen LogP contribution < -0.4 is 5.43 Å². The summed E-state index contributed by atoms with van der Waals surface area (Å²) in [6.45, 7) is 0.462. The Balaban J connectivity index is 1.75. The number of carbonyl (C=O) groups is 1. The number of nitrogens with zero attached hydrogens (tertiary/aromatic N) is 4. The average molecular weight is 380 g/mol. The van der Waals surface area contributed by atoms with E-state index < -0.39 is 22.7 Å². The van der Waals surface area contributed by atoms with Crippen LogP contribution in [0.1, 0.15) is 41.6 Å². The van der Waals surface area contributed by atoms with Crippen molar-refractivity contribution in [2.75, 3.05) is 0 Å². The zero-order valence-corrected chi connectivity index (χ0v) is 15.2. The summed E-state index contributed by atoms with van der Waals surface area (Å²) in [5.41, 5.74) is -0.447. The van der Waals surface area contributed by atoms with E-state index in [1.54, 1.807) is 21.6 Å². The highest BCUT2D eigenvalue weighted by atomic mass is 16.4. The molecule has 0 aliphatic heterocycles. The van der Waals surface area contributed by atoms with Gasteiger partial charge in [0.1, 0.15) is 5.56 Å². The van der Waals surface area contributed by atoms with Crippen LogP contribution in [0.5, 0.6) is 5.75 Å². The van der Waals surface area contributed by atoms with Crippen LogP contribution in [0.25, 0.3) is 5.82 Å². The predicted octanol–water partition coefficient (Wildman–Crippen LogP) is 2.34. The van der Waals surface area contributed by atoms with Crippen LogP contribution in [0.2, 0.25) is 0 Å². The Morgan fingerprint density at radius 1 is 1.21 bits per heavy atom. The Labute approximate surface area is 160 Å². The molecule has 1 saturated carbocycles. The predicted molar refractivity (Wildman–Crippen MR) is 101 cm³/mol. The summed E-state index contributed by atoms with van der Waals surface area (Å²) in [4.78, 5) is 27.6. The highest BCUT2D eigenvalue weighted by molar-refractivity contribution is 5.87. The molecule has 0 radical (unpaired) electrons. The summed E-state index contributed by atoms with van der Waals surface area (Å²) >= 11 is 0. The van der Waals surface area contributed by atoms with E-state index in [2.05, 4.69) is 10.1 Å². The highest BCUT2D eigenvalue weighted by Gasteiger charge is 2.36. The maximum Gasteiger partial charge on any atom is 0.341 e. The SMILES string of the molecule is O=C(O)c1cn(CC2(c3ccnc(-n4cccn4)c3)CCCC2)cc(O)c1=O. The summed E-state index contributed by atoms with van der Waals surface area (Å²) in [6.07, 6.45) is 11.8. The standard InChI is InChI=1S/C20H20N4O4/c25-16-12-23(11-15(18(16)26)19(27)28)13-20(5-1-2-6-20)14-4-8-21-17(10-14)24-9-3-7-22-24/h3-4,7-12,25H,1-2,5-6,13H2,(H,27,28). The number of aromatic nitrogens is 4. The molecule has 0 bridgehead atoms. The fourth-order valence-electron chi connectivity index (χ4n) is 4.08. The molecule has 0 aromatic carbocycles. The fourth-order valence-corrected chi connectivity index (χ4v) is 4.08. The quantitative estimate of drug-likeness (QED) is 0.703. The Morgan fingerprint density at radius 3 is 2.68 bits per heavy atom. The van der Waals surface area contributed by atoms with Crippen molar-refractivity contribution in [2.45, 2.75) is 37.6 Å². The summed E-state index contributed by atoms with van der Waals surface area (Å²) in [6, 6.07) is 5.80. The third kappa shape index (κ3) is 3.17. The molecule has 4 rings (SSSR count). The zero-order chi connectivity index (χ0) is 19.7. The van der Waals surface area contributed by atoms with Crippen molar-refractivity contribution in [1.29, 1.82) is 0 Å². The Bertz CT molecular complexity index is 1070. The van der Waals surface area contributed by atoms with Crippen molar-refractivity contribution in [1.82, 2.24) is 19.3 Å². The molecule has 3 heterocycles. The second-order valence-electron chi connectivity index (χ2n) is 7.20. The van der Waals surface area contributed by atoms with Gasteiger partial charge in [0.15, 0.2) is 11.6 Å². The lowest BCUT2D eigenvalue weighted by atomic mass is 9.79. The van der Waals surface area contributed by atoms with Gasteiger partial charge >= 0.3 is 5.97 Å². The minimum absolute atomic E-state index is 0.234. The van der Waals surface area contributed by atoms with Gasteiger partial charge in [0.25, 0.3) is 0 Å². The molecule has 0 amide bonds. The molecule has 8 heteroatoms. The van der Waals surface area contributed by atoms with Gasteiger partial charge in [-0.25, -0.2) is 14.5 Å². The van der Waals surface area contributed by atoms with Gasteiger partial charge in [0.05, 0.1) is 0 Å². The van der Waals surface area contributed by atoms with Crippen LogP contribution in [-0.2, 0) is 12.0 Å². The van der Waals surface area contributed by atoms with E-state index in [-0.39, 0.29) is 5.41 Å². The number of aromatic hydroxyl groups is 1. The summed E-state index contributed by atoms with van der Waals surface area (Å²) in [7, 11) is 0. The topological polar surface area (TPSA) is 110 Å². The number of hydrogen-bond donors (Lipinski definition) is 2. The van der Waals surface area contributed by atoms with Crippen LogP contribution >= 0.6 is 0 Å². The molecule has 3 aromatic heterocycles. The van der Waals surface area contributed by atoms with E-state index in [4.69, 9.17) is 0 Å². The summed E-state index contributed by atoms with van der Waals surface area (Å²) in [5.74, 6) is -1.19. The summed E-state index contributed by atoms with van der Waals surface area (Å²) in [5, 5.41) is 23.4. The van der Waals surface area contributed by atoms with E-state index >= 15 is 0 Å². The number of pyridine rings is 2. The Kier molecular flexibility index (Phi) is 4.46. The van der Waals surface area contributed by atoms with Crippen LogP contribution in [0, 0.1) is 0 Å². The monoisotopic (exact) mass is 380 g/mol. The van der Waals surface area contributed by atoms with E-state index in [0.29, 0.717) is 12.4 Å². The third-order valence-corrected chi connectivity index (χ3v) is 5.43. The van der Waals surface area contributed by atoms with Crippen molar-refractivity contribution in [3.05, 3.63) is 70.5 Å². The van der Waals surface area contributed by atoms with Gasteiger partial charge in [-0.2, -0.15) is 5.10 Å². The zero-order valence-electron chi connectivity index (χ0n) is 15.2. The first-order chi connectivity index (χ1) is 13.5. The lowest BCUT2D eigenvalue weighted by molar-refractivity contribution is 0.0693. The van der Waals surface area contributed by atoms with Gasteiger partial charge in [0, 0.05) is 42.9 Å². The second kappa shape index (κ2) is 6.95. The fraction of sp³-hybridized carbons (Fsp3) is 0.300. The number of aromatic carboxylic acids is 1. The normalized spacial score (nSPS) is 15.6. The first-order valence-corrected chi connectivity index (χ1v) is 9.11. The van der Waals surface area contributed by atoms with E-state index in [1.807, 2.05) is 24.4 Å². The minimum Gasteiger partial charge on any atom is -0.503 e. The molecule has 8 nitrogen and oxygen atoms in total. The Hall–Kier alpha value is -3.42. The van der Waals surface area contributed by atoms with Crippen LogP contribution in [-0.4, -0.2) is 35.5 Å². The van der Waals surface area contributed by atoms with Gasteiger partial charge in [-0.15, -0.1) is 0 Å². The molecule has 1 aliphatic rings. The van der Waals surface area contributed by atoms with Gasteiger partial charge in [-0.1, -0.05) is 12.8 Å². The summed E-state index contributed by atoms with van der Waals surface area (Å²) < 4.78 is 3.30. The number of carboxylic acids is 1. The van der Waals surface area contributed by atoms with E-state index in [1.165, 1.54) is 12.4 Å². The van der Waals surface area contributed by atoms with Crippen molar-refractivity contribution in [2.24, 2.45) is 0 Å².